The van der Waals surface area contributed by atoms with Gasteiger partial charge in [-0.3, -0.25) is 0 Å². The minimum absolute atomic E-state index is 0. The molecule has 0 saturated heterocycles. The Bertz CT molecular complexity index is 87.1. The van der Waals surface area contributed by atoms with Crippen LogP contribution >= 0.6 is 0 Å². The summed E-state index contributed by atoms with van der Waals surface area (Å²) in [5.74, 6) is 0. The topological polar surface area (TPSA) is 18.5 Å². The molecule has 0 amide bonds. The fourth-order valence-corrected chi connectivity index (χ4v) is 3.68. The van der Waals surface area contributed by atoms with E-state index < -0.39 is 8.56 Å². The van der Waals surface area contributed by atoms with Gasteiger partial charge in [-0.15, -0.1) is 0 Å². The zero-order valence-corrected chi connectivity index (χ0v) is 9.14. The van der Waals surface area contributed by atoms with Gasteiger partial charge in [0.2, 0.25) is 0 Å². The molecule has 0 aliphatic heterocycles. The Morgan fingerprint density at radius 1 is 0.833 bits per heavy atom. The lowest BCUT2D eigenvalue weighted by Crippen LogP contribution is -2.40. The van der Waals surface area contributed by atoms with Crippen molar-refractivity contribution in [1.29, 1.82) is 0 Å². The molecule has 2 nitrogen and oxygen atoms in total. The summed E-state index contributed by atoms with van der Waals surface area (Å²) in [5, 5.41) is 0. The SMILES string of the molecule is CCO[Si](CC)(CC)OCC.[SiH4]. The molecule has 0 aromatic heterocycles. The average Bonchev–Trinajstić information content (AvgIpc) is 2.04. The molecule has 0 aromatic carbocycles. The van der Waals surface area contributed by atoms with Gasteiger partial charge in [-0.1, -0.05) is 13.8 Å². The molecule has 12 heavy (non-hydrogen) atoms. The van der Waals surface area contributed by atoms with E-state index in [9.17, 15) is 0 Å². The molecule has 0 aliphatic rings. The van der Waals surface area contributed by atoms with E-state index in [2.05, 4.69) is 13.8 Å². The van der Waals surface area contributed by atoms with Crippen molar-refractivity contribution in [2.24, 2.45) is 0 Å². The summed E-state index contributed by atoms with van der Waals surface area (Å²) in [7, 11) is -1.74. The van der Waals surface area contributed by atoms with Crippen LogP contribution in [0.25, 0.3) is 0 Å². The van der Waals surface area contributed by atoms with Crippen LogP contribution < -0.4 is 0 Å². The first-order chi connectivity index (χ1) is 5.24. The van der Waals surface area contributed by atoms with Crippen molar-refractivity contribution in [1.82, 2.24) is 0 Å². The lowest BCUT2D eigenvalue weighted by molar-refractivity contribution is 0.185. The molecule has 4 heteroatoms. The summed E-state index contributed by atoms with van der Waals surface area (Å²) in [6.07, 6.45) is 0. The van der Waals surface area contributed by atoms with Crippen molar-refractivity contribution in [3.8, 4) is 0 Å². The second-order valence-electron chi connectivity index (χ2n) is 2.48. The van der Waals surface area contributed by atoms with Crippen LogP contribution in [-0.2, 0) is 8.85 Å². The van der Waals surface area contributed by atoms with E-state index in [1.54, 1.807) is 0 Å². The van der Waals surface area contributed by atoms with E-state index in [1.165, 1.54) is 0 Å². The molecule has 0 heterocycles. The van der Waals surface area contributed by atoms with Crippen molar-refractivity contribution in [2.75, 3.05) is 13.2 Å². The van der Waals surface area contributed by atoms with Crippen LogP contribution in [-0.4, -0.2) is 32.7 Å². The highest BCUT2D eigenvalue weighted by molar-refractivity contribution is 6.67. The third-order valence-corrected chi connectivity index (χ3v) is 5.68. The van der Waals surface area contributed by atoms with Crippen LogP contribution in [0.3, 0.4) is 0 Å². The van der Waals surface area contributed by atoms with E-state index in [-0.39, 0.29) is 11.0 Å². The molecular formula is C8H24O2Si2. The number of rotatable bonds is 6. The zero-order chi connectivity index (χ0) is 8.74. The third-order valence-electron chi connectivity index (χ3n) is 1.89. The van der Waals surface area contributed by atoms with Crippen LogP contribution in [0.2, 0.25) is 12.1 Å². The highest BCUT2D eigenvalue weighted by Gasteiger charge is 2.32. The zero-order valence-electron chi connectivity index (χ0n) is 8.14. The lowest BCUT2D eigenvalue weighted by Gasteiger charge is -2.27. The maximum absolute atomic E-state index is 5.68. The maximum Gasteiger partial charge on any atom is 0.337 e. The molecule has 76 valence electrons. The van der Waals surface area contributed by atoms with Crippen molar-refractivity contribution >= 4 is 19.5 Å². The second-order valence-corrected chi connectivity index (χ2v) is 6.30. The van der Waals surface area contributed by atoms with Gasteiger partial charge in [0.1, 0.15) is 0 Å². The Morgan fingerprint density at radius 2 is 1.17 bits per heavy atom. The Hall–Kier alpha value is 0.354. The first kappa shape index (κ1) is 14.9. The second kappa shape index (κ2) is 7.98. The summed E-state index contributed by atoms with van der Waals surface area (Å²) in [5.41, 5.74) is 0. The van der Waals surface area contributed by atoms with Crippen molar-refractivity contribution in [2.45, 2.75) is 39.8 Å². The fourth-order valence-electron chi connectivity index (χ4n) is 1.23. The van der Waals surface area contributed by atoms with Crippen LogP contribution in [0.15, 0.2) is 0 Å². The monoisotopic (exact) mass is 208 g/mol. The summed E-state index contributed by atoms with van der Waals surface area (Å²) in [6, 6.07) is 2.12. The van der Waals surface area contributed by atoms with E-state index in [0.29, 0.717) is 0 Å². The lowest BCUT2D eigenvalue weighted by atomic mass is 10.9. The number of hydrogen-bond acceptors (Lipinski definition) is 2. The molecule has 0 bridgehead atoms. The predicted molar refractivity (Wildman–Crippen MR) is 61.3 cm³/mol. The standard InChI is InChI=1S/C8H20O2Si.H4Si/c1-5-9-11(7-3,8-4)10-6-2;/h5-8H2,1-4H3;1H4. The molecule has 0 rings (SSSR count). The van der Waals surface area contributed by atoms with Gasteiger partial charge >= 0.3 is 8.56 Å². The van der Waals surface area contributed by atoms with Gasteiger partial charge in [-0.25, -0.2) is 0 Å². The van der Waals surface area contributed by atoms with E-state index in [0.717, 1.165) is 25.3 Å². The molecule has 0 unspecified atom stereocenters. The van der Waals surface area contributed by atoms with Gasteiger partial charge in [0.05, 0.1) is 0 Å². The van der Waals surface area contributed by atoms with Crippen LogP contribution in [0.1, 0.15) is 27.7 Å². The van der Waals surface area contributed by atoms with Gasteiger partial charge in [0.15, 0.2) is 0 Å². The van der Waals surface area contributed by atoms with Crippen LogP contribution in [0.4, 0.5) is 0 Å². The summed E-state index contributed by atoms with van der Waals surface area (Å²) < 4.78 is 11.4. The molecule has 0 aliphatic carbocycles. The normalized spacial score (nSPS) is 11.0. The summed E-state index contributed by atoms with van der Waals surface area (Å²) in [4.78, 5) is 0. The highest BCUT2D eigenvalue weighted by Crippen LogP contribution is 2.17. The van der Waals surface area contributed by atoms with Crippen LogP contribution in [0, 0.1) is 0 Å². The van der Waals surface area contributed by atoms with E-state index in [4.69, 9.17) is 8.85 Å². The molecule has 0 saturated carbocycles. The number of hydrogen-bond donors (Lipinski definition) is 0. The van der Waals surface area contributed by atoms with Crippen LogP contribution in [0.5, 0.6) is 0 Å². The first-order valence-electron chi connectivity index (χ1n) is 4.52. The minimum atomic E-state index is -1.74. The Morgan fingerprint density at radius 3 is 1.33 bits per heavy atom. The minimum Gasteiger partial charge on any atom is -0.395 e. The van der Waals surface area contributed by atoms with Gasteiger partial charge < -0.3 is 8.85 Å². The van der Waals surface area contributed by atoms with Gasteiger partial charge in [0, 0.05) is 13.2 Å². The molecular weight excluding hydrogens is 184 g/mol. The van der Waals surface area contributed by atoms with Gasteiger partial charge in [0.25, 0.3) is 0 Å². The molecule has 0 radical (unpaired) electrons. The Balaban J connectivity index is 0. The average molecular weight is 208 g/mol. The molecule has 0 N–H and O–H groups in total. The molecule has 0 fully saturated rings. The van der Waals surface area contributed by atoms with E-state index >= 15 is 0 Å². The summed E-state index contributed by atoms with van der Waals surface area (Å²) >= 11 is 0. The van der Waals surface area contributed by atoms with Gasteiger partial charge in [-0.2, -0.15) is 0 Å². The largest absolute Gasteiger partial charge is 0.395 e. The van der Waals surface area contributed by atoms with Crippen molar-refractivity contribution in [3.05, 3.63) is 0 Å². The Labute approximate surface area is 81.9 Å². The predicted octanol–water partition coefficient (Wildman–Crippen LogP) is 1.09. The van der Waals surface area contributed by atoms with Gasteiger partial charge in [-0.05, 0) is 36.9 Å². The van der Waals surface area contributed by atoms with Crippen molar-refractivity contribution in [3.63, 3.8) is 0 Å². The maximum atomic E-state index is 5.68. The first-order valence-corrected chi connectivity index (χ1v) is 6.75. The van der Waals surface area contributed by atoms with E-state index in [1.807, 2.05) is 13.8 Å². The fraction of sp³-hybridized carbons (Fsp3) is 1.00. The molecule has 0 atom stereocenters. The Kier molecular flexibility index (Phi) is 9.87. The smallest absolute Gasteiger partial charge is 0.337 e. The van der Waals surface area contributed by atoms with Crippen molar-refractivity contribution < 1.29 is 8.85 Å². The quantitative estimate of drug-likeness (QED) is 0.609. The third kappa shape index (κ3) is 4.40. The highest BCUT2D eigenvalue weighted by atomic mass is 28.4. The molecule has 0 spiro atoms. The molecule has 0 aromatic rings. The summed E-state index contributed by atoms with van der Waals surface area (Å²) in [6.45, 7) is 9.95.